The number of aromatic nitrogens is 2. The Morgan fingerprint density at radius 1 is 1.10 bits per heavy atom. The van der Waals surface area contributed by atoms with E-state index >= 15 is 0 Å². The van der Waals surface area contributed by atoms with Crippen molar-refractivity contribution in [3.05, 3.63) is 88.7 Å². The normalized spacial score (nSPS) is 16.9. The molecule has 0 N–H and O–H groups in total. The van der Waals surface area contributed by atoms with Crippen molar-refractivity contribution in [1.29, 1.82) is 0 Å². The van der Waals surface area contributed by atoms with Gasteiger partial charge < -0.3 is 9.47 Å². The number of rotatable bonds is 3. The van der Waals surface area contributed by atoms with Crippen molar-refractivity contribution in [3.63, 3.8) is 0 Å². The van der Waals surface area contributed by atoms with Gasteiger partial charge in [-0.05, 0) is 37.3 Å². The van der Waals surface area contributed by atoms with E-state index < -0.39 is 0 Å². The average molecular weight is 385 g/mol. The Labute approximate surface area is 168 Å². The number of allylic oxidation sites excluding steroid dienone is 1. The molecule has 0 atom stereocenters. The molecule has 144 valence electrons. The molecular weight excluding hydrogens is 366 g/mol. The number of benzene rings is 1. The number of ether oxygens (including phenoxy) is 2. The Kier molecular flexibility index (Phi) is 4.33. The third kappa shape index (κ3) is 3.28. The summed E-state index contributed by atoms with van der Waals surface area (Å²) in [5, 5.41) is 0. The summed E-state index contributed by atoms with van der Waals surface area (Å²) in [5.74, 6) is 1.54. The Morgan fingerprint density at radius 3 is 2.69 bits per heavy atom. The van der Waals surface area contributed by atoms with Gasteiger partial charge in [-0.1, -0.05) is 12.1 Å². The van der Waals surface area contributed by atoms with Crippen LogP contribution in [0.2, 0.25) is 0 Å². The maximum Gasteiger partial charge on any atom is 0.232 e. The molecule has 0 amide bonds. The standard InChI is InChI=1S/C23H19N3O3/c1-15-22-16(12-26(14-28-22)13-18-7-3-5-9-25-18)10-19-21(27)20(29-23(15)19)11-17-6-2-4-8-24-17/h2-11H,12-14H2,1H3/b20-11-. The van der Waals surface area contributed by atoms with Crippen molar-refractivity contribution in [2.24, 2.45) is 0 Å². The molecule has 2 aliphatic rings. The van der Waals surface area contributed by atoms with E-state index in [1.807, 2.05) is 49.4 Å². The molecule has 3 aromatic rings. The maximum atomic E-state index is 12.9. The van der Waals surface area contributed by atoms with Crippen LogP contribution in [0.4, 0.5) is 0 Å². The predicted molar refractivity (Wildman–Crippen MR) is 107 cm³/mol. The molecule has 6 heteroatoms. The summed E-state index contributed by atoms with van der Waals surface area (Å²) in [6.07, 6.45) is 5.15. The summed E-state index contributed by atoms with van der Waals surface area (Å²) < 4.78 is 11.9. The van der Waals surface area contributed by atoms with E-state index in [2.05, 4.69) is 14.9 Å². The summed E-state index contributed by atoms with van der Waals surface area (Å²) in [6, 6.07) is 13.3. The van der Waals surface area contributed by atoms with Gasteiger partial charge in [-0.15, -0.1) is 0 Å². The summed E-state index contributed by atoms with van der Waals surface area (Å²) in [4.78, 5) is 23.7. The third-order valence-electron chi connectivity index (χ3n) is 5.08. The van der Waals surface area contributed by atoms with Gasteiger partial charge in [0, 0.05) is 42.7 Å². The fourth-order valence-electron chi connectivity index (χ4n) is 3.71. The van der Waals surface area contributed by atoms with E-state index in [0.29, 0.717) is 36.8 Å². The molecule has 0 saturated heterocycles. The number of hydrogen-bond donors (Lipinski definition) is 0. The van der Waals surface area contributed by atoms with Gasteiger partial charge in [0.2, 0.25) is 5.78 Å². The number of pyridine rings is 2. The first-order chi connectivity index (χ1) is 14.2. The van der Waals surface area contributed by atoms with Gasteiger partial charge in [0.25, 0.3) is 0 Å². The number of Topliss-reactive ketones (excluding diaryl/α,β-unsaturated/α-hetero) is 1. The Bertz CT molecular complexity index is 1110. The number of carbonyl (C=O) groups is 1. The molecule has 2 aliphatic heterocycles. The molecule has 0 spiro atoms. The quantitative estimate of drug-likeness (QED) is 0.640. The van der Waals surface area contributed by atoms with Gasteiger partial charge >= 0.3 is 0 Å². The number of nitrogens with zero attached hydrogens (tertiary/aromatic N) is 3. The zero-order valence-corrected chi connectivity index (χ0v) is 16.0. The molecule has 4 heterocycles. The first-order valence-electron chi connectivity index (χ1n) is 9.46. The molecule has 1 aromatic carbocycles. The van der Waals surface area contributed by atoms with Gasteiger partial charge in [-0.25, -0.2) is 0 Å². The molecule has 0 unspecified atom stereocenters. The molecule has 29 heavy (non-hydrogen) atoms. The minimum Gasteiger partial charge on any atom is -0.477 e. The number of ketones is 1. The van der Waals surface area contributed by atoms with Crippen LogP contribution in [-0.4, -0.2) is 27.4 Å². The number of hydrogen-bond acceptors (Lipinski definition) is 6. The molecule has 0 fully saturated rings. The molecule has 0 saturated carbocycles. The fourth-order valence-corrected chi connectivity index (χ4v) is 3.71. The molecule has 2 aromatic heterocycles. The Morgan fingerprint density at radius 2 is 1.93 bits per heavy atom. The zero-order valence-electron chi connectivity index (χ0n) is 16.0. The summed E-state index contributed by atoms with van der Waals surface area (Å²) in [5.41, 5.74) is 4.08. The van der Waals surface area contributed by atoms with Crippen LogP contribution >= 0.6 is 0 Å². The lowest BCUT2D eigenvalue weighted by atomic mass is 10.00. The van der Waals surface area contributed by atoms with Crippen LogP contribution < -0.4 is 9.47 Å². The van der Waals surface area contributed by atoms with E-state index in [4.69, 9.17) is 9.47 Å². The van der Waals surface area contributed by atoms with Crippen molar-refractivity contribution < 1.29 is 14.3 Å². The lowest BCUT2D eigenvalue weighted by molar-refractivity contribution is 0.0865. The van der Waals surface area contributed by atoms with Gasteiger partial charge in [0.05, 0.1) is 17.0 Å². The highest BCUT2D eigenvalue weighted by molar-refractivity contribution is 6.15. The van der Waals surface area contributed by atoms with E-state index in [9.17, 15) is 4.79 Å². The molecule has 0 bridgehead atoms. The summed E-state index contributed by atoms with van der Waals surface area (Å²) in [7, 11) is 0. The monoisotopic (exact) mass is 385 g/mol. The topological polar surface area (TPSA) is 64.5 Å². The van der Waals surface area contributed by atoms with Crippen LogP contribution in [0.5, 0.6) is 11.5 Å². The molecule has 0 radical (unpaired) electrons. The van der Waals surface area contributed by atoms with Crippen molar-refractivity contribution in [1.82, 2.24) is 14.9 Å². The van der Waals surface area contributed by atoms with E-state index in [1.54, 1.807) is 18.5 Å². The maximum absolute atomic E-state index is 12.9. The lowest BCUT2D eigenvalue weighted by Crippen LogP contribution is -2.32. The van der Waals surface area contributed by atoms with Gasteiger partial charge in [-0.2, -0.15) is 0 Å². The SMILES string of the molecule is Cc1c2c(cc3c1O/C(=C\c1ccccn1)C3=O)CN(Cc1ccccn1)CO2. The van der Waals surface area contributed by atoms with Gasteiger partial charge in [0.15, 0.2) is 5.76 Å². The largest absolute Gasteiger partial charge is 0.477 e. The van der Waals surface area contributed by atoms with E-state index in [0.717, 1.165) is 22.6 Å². The van der Waals surface area contributed by atoms with Crippen LogP contribution in [0.1, 0.15) is 32.9 Å². The average Bonchev–Trinajstić information content (AvgIpc) is 3.05. The van der Waals surface area contributed by atoms with E-state index in [-0.39, 0.29) is 11.5 Å². The fraction of sp³-hybridized carbons (Fsp3) is 0.174. The van der Waals surface area contributed by atoms with Crippen LogP contribution in [0, 0.1) is 6.92 Å². The minimum absolute atomic E-state index is 0.126. The first kappa shape index (κ1) is 17.6. The molecular formula is C23H19N3O3. The first-order valence-corrected chi connectivity index (χ1v) is 9.46. The van der Waals surface area contributed by atoms with Crippen molar-refractivity contribution in [3.8, 4) is 11.5 Å². The van der Waals surface area contributed by atoms with Crippen LogP contribution in [0.15, 0.2) is 60.6 Å². The highest BCUT2D eigenvalue weighted by Gasteiger charge is 2.33. The van der Waals surface area contributed by atoms with Crippen molar-refractivity contribution >= 4 is 11.9 Å². The molecule has 6 nitrogen and oxygen atoms in total. The summed E-state index contributed by atoms with van der Waals surface area (Å²) >= 11 is 0. The lowest BCUT2D eigenvalue weighted by Gasteiger charge is -2.30. The molecule has 0 aliphatic carbocycles. The van der Waals surface area contributed by atoms with E-state index in [1.165, 1.54) is 0 Å². The van der Waals surface area contributed by atoms with Crippen molar-refractivity contribution in [2.75, 3.05) is 6.73 Å². The smallest absolute Gasteiger partial charge is 0.232 e. The highest BCUT2D eigenvalue weighted by Crippen LogP contribution is 2.43. The minimum atomic E-state index is -0.126. The Hall–Kier alpha value is -3.51. The van der Waals surface area contributed by atoms with Gasteiger partial charge in [-0.3, -0.25) is 19.7 Å². The predicted octanol–water partition coefficient (Wildman–Crippen LogP) is 3.75. The third-order valence-corrected chi connectivity index (χ3v) is 5.08. The number of carbonyl (C=O) groups excluding carboxylic acids is 1. The highest BCUT2D eigenvalue weighted by atomic mass is 16.5. The second kappa shape index (κ2) is 7.14. The Balaban J connectivity index is 1.44. The summed E-state index contributed by atoms with van der Waals surface area (Å²) in [6.45, 7) is 3.77. The van der Waals surface area contributed by atoms with Crippen LogP contribution in [0.3, 0.4) is 0 Å². The second-order valence-electron chi connectivity index (χ2n) is 7.14. The van der Waals surface area contributed by atoms with Crippen molar-refractivity contribution in [2.45, 2.75) is 20.0 Å². The number of fused-ring (bicyclic) bond motifs is 2. The van der Waals surface area contributed by atoms with Gasteiger partial charge in [0.1, 0.15) is 18.2 Å². The van der Waals surface area contributed by atoms with Crippen LogP contribution in [-0.2, 0) is 13.1 Å². The molecule has 5 rings (SSSR count). The van der Waals surface area contributed by atoms with Crippen LogP contribution in [0.25, 0.3) is 6.08 Å². The zero-order chi connectivity index (χ0) is 19.8. The second-order valence-corrected chi connectivity index (χ2v) is 7.14.